The van der Waals surface area contributed by atoms with Gasteiger partial charge in [-0.1, -0.05) is 133 Å². The van der Waals surface area contributed by atoms with Crippen LogP contribution in [0.1, 0.15) is 0 Å². The van der Waals surface area contributed by atoms with Crippen molar-refractivity contribution < 1.29 is 8.83 Å². The van der Waals surface area contributed by atoms with Crippen LogP contribution in [0.5, 0.6) is 0 Å². The highest BCUT2D eigenvalue weighted by Crippen LogP contribution is 2.48. The van der Waals surface area contributed by atoms with E-state index in [1.165, 1.54) is 30.9 Å². The minimum absolute atomic E-state index is 0.866. The van der Waals surface area contributed by atoms with Gasteiger partial charge >= 0.3 is 0 Å². The second-order valence-corrected chi connectivity index (χ2v) is 15.5. The van der Waals surface area contributed by atoms with Gasteiger partial charge in [-0.3, -0.25) is 0 Å². The van der Waals surface area contributed by atoms with Gasteiger partial charge in [0, 0.05) is 58.8 Å². The quantitative estimate of drug-likeness (QED) is 0.176. The Kier molecular flexibility index (Phi) is 6.80. The van der Waals surface area contributed by atoms with Crippen molar-refractivity contribution in [2.45, 2.75) is 0 Å². The van der Waals surface area contributed by atoms with Crippen LogP contribution in [0.15, 0.2) is 197 Å². The first-order valence-electron chi connectivity index (χ1n) is 18.9. The molecule has 0 radical (unpaired) electrons. The molecule has 56 heavy (non-hydrogen) atoms. The molecule has 0 bridgehead atoms. The molecule has 0 aliphatic heterocycles. The minimum Gasteiger partial charge on any atom is -0.455 e. The van der Waals surface area contributed by atoms with E-state index in [9.17, 15) is 0 Å². The van der Waals surface area contributed by atoms with Gasteiger partial charge in [0.05, 0.1) is 11.1 Å². The highest BCUT2D eigenvalue weighted by molar-refractivity contribution is 7.25. The maximum Gasteiger partial charge on any atom is 0.145 e. The fourth-order valence-electron chi connectivity index (χ4n) is 8.71. The summed E-state index contributed by atoms with van der Waals surface area (Å²) in [7, 11) is 0. The van der Waals surface area contributed by atoms with Crippen LogP contribution in [0.25, 0.3) is 97.1 Å². The zero-order valence-corrected chi connectivity index (χ0v) is 30.9. The largest absolute Gasteiger partial charge is 0.455 e. The fraction of sp³-hybridized carbons (Fsp3) is 0. The third-order valence-corrected chi connectivity index (χ3v) is 12.4. The summed E-state index contributed by atoms with van der Waals surface area (Å²) >= 11 is 1.84. The molecule has 262 valence electrons. The van der Waals surface area contributed by atoms with E-state index in [0.29, 0.717) is 0 Å². The number of furan rings is 2. The molecule has 9 aromatic carbocycles. The summed E-state index contributed by atoms with van der Waals surface area (Å²) in [4.78, 5) is 2.40. The third kappa shape index (κ3) is 4.70. The molecule has 0 amide bonds. The molecule has 3 nitrogen and oxygen atoms in total. The number of anilines is 3. The summed E-state index contributed by atoms with van der Waals surface area (Å²) < 4.78 is 15.9. The van der Waals surface area contributed by atoms with E-state index in [0.717, 1.165) is 83.2 Å². The van der Waals surface area contributed by atoms with Gasteiger partial charge in [-0.2, -0.15) is 0 Å². The van der Waals surface area contributed by atoms with Crippen molar-refractivity contribution >= 4 is 103 Å². The Morgan fingerprint density at radius 3 is 1.88 bits per heavy atom. The lowest BCUT2D eigenvalue weighted by molar-refractivity contribution is 0.669. The van der Waals surface area contributed by atoms with Crippen molar-refractivity contribution in [3.05, 3.63) is 188 Å². The highest BCUT2D eigenvalue weighted by atomic mass is 32.1. The first-order chi connectivity index (χ1) is 27.8. The summed E-state index contributed by atoms with van der Waals surface area (Å²) in [6.07, 6.45) is 0. The van der Waals surface area contributed by atoms with Crippen LogP contribution in [0.3, 0.4) is 0 Å². The molecule has 0 saturated carbocycles. The van der Waals surface area contributed by atoms with Crippen LogP contribution in [0.2, 0.25) is 0 Å². The maximum absolute atomic E-state index is 6.87. The first-order valence-corrected chi connectivity index (χ1v) is 19.7. The molecule has 0 unspecified atom stereocenters. The summed E-state index contributed by atoms with van der Waals surface area (Å²) in [6.45, 7) is 0. The number of para-hydroxylation sites is 3. The van der Waals surface area contributed by atoms with E-state index in [1.54, 1.807) is 0 Å². The lowest BCUT2D eigenvalue weighted by atomic mass is 9.95. The molecule has 4 heteroatoms. The molecule has 0 spiro atoms. The second-order valence-electron chi connectivity index (χ2n) is 14.4. The Morgan fingerprint density at radius 1 is 0.375 bits per heavy atom. The number of thiophene rings is 1. The van der Waals surface area contributed by atoms with E-state index < -0.39 is 0 Å². The van der Waals surface area contributed by atoms with Gasteiger partial charge in [-0.15, -0.1) is 11.3 Å². The van der Waals surface area contributed by atoms with E-state index in [4.69, 9.17) is 8.83 Å². The Morgan fingerprint density at radius 2 is 1.00 bits per heavy atom. The van der Waals surface area contributed by atoms with Gasteiger partial charge in [0.15, 0.2) is 0 Å². The first kappa shape index (κ1) is 31.2. The molecule has 3 aromatic heterocycles. The summed E-state index contributed by atoms with van der Waals surface area (Å²) in [5.41, 5.74) is 11.1. The molecule has 12 aromatic rings. The van der Waals surface area contributed by atoms with Crippen LogP contribution >= 0.6 is 11.3 Å². The monoisotopic (exact) mass is 733 g/mol. The third-order valence-electron chi connectivity index (χ3n) is 11.3. The average molecular weight is 734 g/mol. The van der Waals surface area contributed by atoms with Crippen molar-refractivity contribution in [3.63, 3.8) is 0 Å². The van der Waals surface area contributed by atoms with Gasteiger partial charge in [-0.25, -0.2) is 0 Å². The van der Waals surface area contributed by atoms with Crippen LogP contribution in [-0.2, 0) is 0 Å². The maximum atomic E-state index is 6.87. The molecule has 0 fully saturated rings. The molecule has 0 aliphatic carbocycles. The lowest BCUT2D eigenvalue weighted by Gasteiger charge is -2.27. The smallest absolute Gasteiger partial charge is 0.145 e. The molecular weight excluding hydrogens is 703 g/mol. The molecule has 12 rings (SSSR count). The minimum atomic E-state index is 0.866. The van der Waals surface area contributed by atoms with E-state index in [-0.39, 0.29) is 0 Å². The molecular formula is C52H31NO2S. The Hall–Kier alpha value is -7.14. The van der Waals surface area contributed by atoms with Gasteiger partial charge in [0.25, 0.3) is 0 Å². The number of hydrogen-bond donors (Lipinski definition) is 0. The molecule has 3 heterocycles. The zero-order valence-electron chi connectivity index (χ0n) is 30.1. The van der Waals surface area contributed by atoms with Crippen LogP contribution in [0.4, 0.5) is 17.1 Å². The van der Waals surface area contributed by atoms with Crippen molar-refractivity contribution in [2.24, 2.45) is 0 Å². The molecule has 0 atom stereocenters. The fourth-order valence-corrected chi connectivity index (χ4v) is 9.85. The SMILES string of the molecule is c1ccc2c(-c3ccc(N(c4ccc(-c5cccc6c5oc5ccccc56)cc4)c4ccc5c(c4)sc4ccccc45)c4c3oc3ccccc34)cccc2c1. The van der Waals surface area contributed by atoms with Crippen molar-refractivity contribution in [1.82, 2.24) is 0 Å². The van der Waals surface area contributed by atoms with Gasteiger partial charge in [0.2, 0.25) is 0 Å². The van der Waals surface area contributed by atoms with E-state index in [1.807, 2.05) is 23.5 Å². The Bertz CT molecular complexity index is 3490. The van der Waals surface area contributed by atoms with Crippen LogP contribution in [0, 0.1) is 0 Å². The summed E-state index contributed by atoms with van der Waals surface area (Å²) in [5, 5.41) is 9.39. The standard InChI is InChI=1S/C52H31NO2S/c1-2-13-36-32(11-1)12-9-18-38(36)43-29-30-45(50-44-16-4-7-21-47(44)55-52(43)50)53(35-27-28-41-40-15-5-8-22-48(40)56-49(41)31-35)34-25-23-33(24-26-34)37-17-10-19-42-39-14-3-6-20-46(39)54-51(37)42/h1-31H. The lowest BCUT2D eigenvalue weighted by Crippen LogP contribution is -2.10. The van der Waals surface area contributed by atoms with Crippen molar-refractivity contribution in [3.8, 4) is 22.3 Å². The molecule has 0 aliphatic rings. The predicted octanol–water partition coefficient (Wildman–Crippen LogP) is 15.8. The van der Waals surface area contributed by atoms with E-state index in [2.05, 4.69) is 181 Å². The number of nitrogens with zero attached hydrogens (tertiary/aromatic N) is 1. The second kappa shape index (κ2) is 12.2. The Labute approximate surface area is 325 Å². The number of hydrogen-bond acceptors (Lipinski definition) is 4. The summed E-state index contributed by atoms with van der Waals surface area (Å²) in [6, 6.07) is 67.2. The van der Waals surface area contributed by atoms with Gasteiger partial charge in [-0.05, 0) is 76.5 Å². The van der Waals surface area contributed by atoms with Crippen LogP contribution < -0.4 is 4.90 Å². The number of rotatable bonds is 5. The van der Waals surface area contributed by atoms with Crippen molar-refractivity contribution in [1.29, 1.82) is 0 Å². The molecule has 0 saturated heterocycles. The van der Waals surface area contributed by atoms with Gasteiger partial charge < -0.3 is 13.7 Å². The number of benzene rings is 9. The average Bonchev–Trinajstić information content (AvgIpc) is 3.95. The topological polar surface area (TPSA) is 29.5 Å². The zero-order chi connectivity index (χ0) is 36.7. The van der Waals surface area contributed by atoms with Crippen molar-refractivity contribution in [2.75, 3.05) is 4.90 Å². The van der Waals surface area contributed by atoms with Crippen LogP contribution in [-0.4, -0.2) is 0 Å². The summed E-state index contributed by atoms with van der Waals surface area (Å²) in [5.74, 6) is 0. The van der Waals surface area contributed by atoms with E-state index >= 15 is 0 Å². The number of fused-ring (bicyclic) bond motifs is 10. The Balaban J connectivity index is 1.10. The predicted molar refractivity (Wildman–Crippen MR) is 237 cm³/mol. The van der Waals surface area contributed by atoms with Gasteiger partial charge in [0.1, 0.15) is 22.3 Å². The normalized spacial score (nSPS) is 11.9. The highest BCUT2D eigenvalue weighted by Gasteiger charge is 2.24. The molecule has 0 N–H and O–H groups in total.